The van der Waals surface area contributed by atoms with Crippen LogP contribution in [-0.2, 0) is 38.5 Å². The quantitative estimate of drug-likeness (QED) is 0.0378. The van der Waals surface area contributed by atoms with Crippen LogP contribution < -0.4 is 29.4 Å². The molecule has 0 unspecified atom stereocenters. The number of hydrogen-bond acceptors (Lipinski definition) is 30. The predicted molar refractivity (Wildman–Crippen MR) is 598 cm³/mol. The average Bonchev–Trinajstić information content (AvgIpc) is 1.86. The second kappa shape index (κ2) is 58.1. The minimum Gasteiger partial charge on any atom is -0.343 e. The molecule has 0 saturated carbocycles. The van der Waals surface area contributed by atoms with Gasteiger partial charge < -0.3 is 29.4 Å². The zero-order valence-corrected chi connectivity index (χ0v) is 83.2. The molecule has 24 nitrogen and oxygen atoms in total. The van der Waals surface area contributed by atoms with E-state index in [1.54, 1.807) is 140 Å². The number of ketones is 6. The standard InChI is InChI=1S/C18H16ClN3OS.C18H16FN3OS.C18H17N3OS.C17H14ClN3OS.C17H14FN3OS.C17H15N3OS.6CH4/c2*1-12-11-24-18(21-12)9-17(23)13-6-14(19)8-16(7-13)22(2)15-4-3-5-20-10-15;1-13-12-23-18(20-13)10-17(22)14-5-3-6-15(9-14)21(2)16-7-4-8-19-11-16;2*1-21(14-3-2-4-19-11-14)15-8-12(7-13(18)9-15)16(22)10-17-20-5-6-23-17;1-20(15-6-3-7-18-12-15)14-5-2-4-13(10-14)16(21)11-17-19-8-9-22-17;;;;;;/h2*3-8,10-11H,9H2,1-2H3;3-9,11-12H,10H2,1-2H3;2*2-9,11H,10H2,1H3;2-10,12H,11H2,1H3;6*1H4. The summed E-state index contributed by atoms with van der Waals surface area (Å²) in [5.74, 6) is -1.01. The van der Waals surface area contributed by atoms with Crippen molar-refractivity contribution in [2.75, 3.05) is 71.7 Å². The van der Waals surface area contributed by atoms with Crippen molar-refractivity contribution in [3.05, 3.63) is 422 Å². The van der Waals surface area contributed by atoms with Crippen LogP contribution in [0.3, 0.4) is 0 Å². The lowest BCUT2D eigenvalue weighted by Gasteiger charge is -2.20. The summed E-state index contributed by atoms with van der Waals surface area (Å²) in [7, 11) is 11.4. The third-order valence-electron chi connectivity index (χ3n) is 21.0. The second-order valence-corrected chi connectivity index (χ2v) is 37.7. The van der Waals surface area contributed by atoms with Crippen LogP contribution >= 0.6 is 91.2 Å². The average molecular weight is 2100 g/mol. The Balaban J connectivity index is 0.000000234. The van der Waals surface area contributed by atoms with Crippen molar-refractivity contribution in [1.82, 2.24) is 59.8 Å². The molecule has 0 aliphatic carbocycles. The van der Waals surface area contributed by atoms with Gasteiger partial charge in [0.15, 0.2) is 34.7 Å². The number of thiazole rings is 6. The van der Waals surface area contributed by atoms with Gasteiger partial charge in [-0.1, -0.05) is 92.0 Å². The fourth-order valence-electron chi connectivity index (χ4n) is 13.6. The van der Waals surface area contributed by atoms with Gasteiger partial charge in [0.1, 0.15) is 41.7 Å². The van der Waals surface area contributed by atoms with Crippen molar-refractivity contribution < 1.29 is 37.5 Å². The fraction of sp³-hybridized carbons (Fsp3) is 0.189. The Bertz CT molecular complexity index is 6810. The van der Waals surface area contributed by atoms with E-state index in [9.17, 15) is 37.5 Å². The number of carbonyl (C=O) groups is 6. The molecule has 0 bridgehead atoms. The van der Waals surface area contributed by atoms with E-state index in [2.05, 4.69) is 59.8 Å². The van der Waals surface area contributed by atoms with Gasteiger partial charge in [0.05, 0.1) is 110 Å². The molecule has 0 saturated heterocycles. The lowest BCUT2D eigenvalue weighted by atomic mass is 10.1. The van der Waals surface area contributed by atoms with E-state index in [0.717, 1.165) is 104 Å². The Morgan fingerprint density at radius 2 is 0.476 bits per heavy atom. The monoisotopic (exact) mass is 2100 g/mol. The summed E-state index contributed by atoms with van der Waals surface area (Å²) >= 11 is 21.3. The van der Waals surface area contributed by atoms with Crippen LogP contribution in [0.15, 0.2) is 319 Å². The van der Waals surface area contributed by atoms with Gasteiger partial charge >= 0.3 is 0 Å². The number of Topliss-reactive ketones (excluding diaryl/α,β-unsaturated/α-hetero) is 6. The van der Waals surface area contributed by atoms with Crippen molar-refractivity contribution in [2.45, 2.75) is 104 Å². The third-order valence-corrected chi connectivity index (χ3v) is 26.7. The van der Waals surface area contributed by atoms with Crippen LogP contribution in [0.2, 0.25) is 10.0 Å². The van der Waals surface area contributed by atoms with Crippen molar-refractivity contribution in [3.63, 3.8) is 0 Å². The highest BCUT2D eigenvalue weighted by Gasteiger charge is 2.22. The van der Waals surface area contributed by atoms with Crippen LogP contribution in [-0.4, -0.2) is 137 Å². The lowest BCUT2D eigenvalue weighted by Crippen LogP contribution is -2.12. The van der Waals surface area contributed by atoms with Crippen molar-refractivity contribution in [2.24, 2.45) is 0 Å². The molecule has 18 rings (SSSR count). The Labute approximate surface area is 881 Å². The number of halogens is 4. The minimum atomic E-state index is -0.444. The van der Waals surface area contributed by atoms with E-state index in [1.807, 2.05) is 247 Å². The van der Waals surface area contributed by atoms with E-state index in [0.29, 0.717) is 67.6 Å². The highest BCUT2D eigenvalue weighted by molar-refractivity contribution is 7.11. The number of nitrogens with zero attached hydrogens (tertiary/aromatic N) is 18. The van der Waals surface area contributed by atoms with Crippen molar-refractivity contribution in [3.8, 4) is 0 Å². The molecule has 0 aliphatic heterocycles. The first kappa shape index (κ1) is 117. The number of aryl methyl sites for hydroxylation is 3. The number of benzene rings is 6. The Kier molecular flexibility index (Phi) is 47.0. The van der Waals surface area contributed by atoms with Gasteiger partial charge in [-0.2, -0.15) is 0 Å². The van der Waals surface area contributed by atoms with Crippen LogP contribution in [0.25, 0.3) is 0 Å². The predicted octanol–water partition coefficient (Wildman–Crippen LogP) is 28.7. The van der Waals surface area contributed by atoms with Gasteiger partial charge in [-0.15, -0.1) is 68.0 Å². The van der Waals surface area contributed by atoms with Gasteiger partial charge in [0.2, 0.25) is 0 Å². The van der Waals surface area contributed by atoms with E-state index in [-0.39, 0.29) is 105 Å². The Hall–Kier alpha value is -14.7. The number of aromatic nitrogens is 12. The van der Waals surface area contributed by atoms with Crippen LogP contribution in [0, 0.1) is 32.4 Å². The minimum absolute atomic E-state index is 0. The Morgan fingerprint density at radius 3 is 0.703 bits per heavy atom. The van der Waals surface area contributed by atoms with E-state index < -0.39 is 11.6 Å². The summed E-state index contributed by atoms with van der Waals surface area (Å²) in [6.07, 6.45) is 27.5. The largest absolute Gasteiger partial charge is 0.343 e. The zero-order chi connectivity index (χ0) is 98.3. The summed E-state index contributed by atoms with van der Waals surface area (Å²) in [4.78, 5) is 136. The molecule has 0 fully saturated rings. The molecule has 750 valence electrons. The Morgan fingerprint density at radius 1 is 0.255 bits per heavy atom. The highest BCUT2D eigenvalue weighted by atomic mass is 35.5. The molecule has 0 spiro atoms. The highest BCUT2D eigenvalue weighted by Crippen LogP contribution is 2.35. The summed E-state index contributed by atoms with van der Waals surface area (Å²) in [5, 5.41) is 17.2. The first-order chi connectivity index (χ1) is 67.2. The number of rotatable bonds is 30. The number of carbonyl (C=O) groups excluding carboxylic acids is 6. The third kappa shape index (κ3) is 34.8. The van der Waals surface area contributed by atoms with Crippen LogP contribution in [0.5, 0.6) is 0 Å². The van der Waals surface area contributed by atoms with Gasteiger partial charge in [-0.3, -0.25) is 58.7 Å². The lowest BCUT2D eigenvalue weighted by molar-refractivity contribution is 0.0984. The molecule has 12 heterocycles. The maximum atomic E-state index is 14.0. The summed E-state index contributed by atoms with van der Waals surface area (Å²) in [6, 6.07) is 57.5. The molecule has 0 aliphatic rings. The number of hydrogen-bond donors (Lipinski definition) is 0. The topological polar surface area (TPSA) is 277 Å². The van der Waals surface area contributed by atoms with Crippen molar-refractivity contribution in [1.29, 1.82) is 0 Å². The zero-order valence-electron chi connectivity index (χ0n) is 76.8. The van der Waals surface area contributed by atoms with E-state index >= 15 is 0 Å². The molecule has 0 amide bonds. The SMILES string of the molecule is C.C.C.C.C.C.CN(c1cccnc1)c1cc(Cl)cc(C(=O)Cc2nccs2)c1.CN(c1cccnc1)c1cc(F)cc(C(=O)Cc2nccs2)c1.CN(c1cccnc1)c1cccc(C(=O)Cc2nccs2)c1.Cc1csc(CC(=O)c2cc(Cl)cc(N(C)c3cccnc3)c2)n1.Cc1csc(CC(=O)c2cc(F)cc(N(C)c3cccnc3)c2)n1.Cc1csc(CC(=O)c2cccc(N(C)c3cccnc3)c2)n1. The smallest absolute Gasteiger partial charge is 0.169 e. The molecular formula is C111H116Cl2F2N18O6S6. The fourth-order valence-corrected chi connectivity index (χ4v) is 18.2. The van der Waals surface area contributed by atoms with Crippen molar-refractivity contribution >= 4 is 194 Å². The van der Waals surface area contributed by atoms with Gasteiger partial charge in [0, 0.05) is 225 Å². The van der Waals surface area contributed by atoms with Gasteiger partial charge in [0.25, 0.3) is 0 Å². The molecule has 0 radical (unpaired) electrons. The molecular weight excluding hydrogens is 1980 g/mol. The molecule has 6 aromatic carbocycles. The van der Waals surface area contributed by atoms with Gasteiger partial charge in [-0.05, 0) is 191 Å². The maximum Gasteiger partial charge on any atom is 0.169 e. The number of pyridine rings is 6. The summed E-state index contributed by atoms with van der Waals surface area (Å²) in [6.45, 7) is 5.74. The van der Waals surface area contributed by atoms with Crippen LogP contribution in [0.1, 0.15) is 154 Å². The normalized spacial score (nSPS) is 10.1. The molecule has 0 atom stereocenters. The second-order valence-electron chi connectivity index (χ2n) is 31.0. The van der Waals surface area contributed by atoms with Crippen LogP contribution in [0.4, 0.5) is 77.0 Å². The van der Waals surface area contributed by atoms with Gasteiger partial charge in [-0.25, -0.2) is 38.7 Å². The maximum absolute atomic E-state index is 14.0. The number of anilines is 12. The van der Waals surface area contributed by atoms with E-state index in [1.165, 1.54) is 92.3 Å². The summed E-state index contributed by atoms with van der Waals surface area (Å²) < 4.78 is 27.9. The first-order valence-electron chi connectivity index (χ1n) is 43.0. The molecule has 0 N–H and O–H groups in total. The molecule has 34 heteroatoms. The molecule has 145 heavy (non-hydrogen) atoms. The first-order valence-corrected chi connectivity index (χ1v) is 49.0. The molecule has 12 aromatic heterocycles. The van der Waals surface area contributed by atoms with E-state index in [4.69, 9.17) is 23.2 Å². The molecule has 18 aromatic rings. The summed E-state index contributed by atoms with van der Waals surface area (Å²) in [5.41, 5.74) is 16.3.